The minimum atomic E-state index is -4.56. The highest BCUT2D eigenvalue weighted by molar-refractivity contribution is 14.1. The van der Waals surface area contributed by atoms with Crippen LogP contribution in [0.25, 0.3) is 0 Å². The molecule has 5 nitrogen and oxygen atoms in total. The van der Waals surface area contributed by atoms with Gasteiger partial charge in [0.25, 0.3) is 0 Å². The first-order valence-corrected chi connectivity index (χ1v) is 8.17. The van der Waals surface area contributed by atoms with E-state index in [0.29, 0.717) is 11.4 Å². The average Bonchev–Trinajstić information content (AvgIpc) is 2.56. The normalized spacial score (nSPS) is 20.0. The number of hydrogen-bond acceptors (Lipinski definition) is 4. The van der Waals surface area contributed by atoms with Crippen molar-refractivity contribution in [2.75, 3.05) is 22.9 Å². The minimum Gasteiger partial charge on any atom is -0.397 e. The molecule has 0 saturated carbocycles. The first kappa shape index (κ1) is 14.5. The summed E-state index contributed by atoms with van der Waals surface area (Å²) in [7, 11) is -4.56. The van der Waals surface area contributed by atoms with E-state index < -0.39 is 21.9 Å². The number of nitrogen functional groups attached to an aromatic ring is 1. The Morgan fingerprint density at radius 3 is 2.74 bits per heavy atom. The number of anilines is 2. The predicted molar refractivity (Wildman–Crippen MR) is 78.9 cm³/mol. The molecule has 19 heavy (non-hydrogen) atoms. The molecule has 2 rings (SSSR count). The maximum absolute atomic E-state index is 12.6. The summed E-state index contributed by atoms with van der Waals surface area (Å²) < 4.78 is 34.8. The lowest BCUT2D eigenvalue weighted by Gasteiger charge is -2.18. The molecule has 1 fully saturated rings. The number of carbonyl (C=O) groups is 1. The molecule has 0 aromatic heterocycles. The lowest BCUT2D eigenvalue weighted by molar-refractivity contribution is -0.117. The summed E-state index contributed by atoms with van der Waals surface area (Å²) in [5, 5.41) is 0. The fourth-order valence-electron chi connectivity index (χ4n) is 2.18. The highest BCUT2D eigenvalue weighted by Gasteiger charge is 2.34. The molecule has 0 spiro atoms. The van der Waals surface area contributed by atoms with Crippen molar-refractivity contribution in [3.05, 3.63) is 21.8 Å². The molecule has 0 bridgehead atoms. The van der Waals surface area contributed by atoms with Crippen LogP contribution >= 0.6 is 22.6 Å². The minimum absolute atomic E-state index is 0.0224. The predicted octanol–water partition coefficient (Wildman–Crippen LogP) is 1.53. The molecule has 1 saturated heterocycles. The van der Waals surface area contributed by atoms with Gasteiger partial charge in [0.05, 0.1) is 17.1 Å². The molecule has 1 aliphatic heterocycles. The Balaban J connectivity index is 2.20. The molecule has 1 aromatic carbocycles. The molecule has 1 atom stereocenters. The van der Waals surface area contributed by atoms with Crippen molar-refractivity contribution in [3.63, 3.8) is 0 Å². The van der Waals surface area contributed by atoms with Gasteiger partial charge in [0.1, 0.15) is 0 Å². The van der Waals surface area contributed by atoms with Crippen LogP contribution in [0.1, 0.15) is 6.42 Å². The van der Waals surface area contributed by atoms with Crippen LogP contribution in [0, 0.1) is 9.49 Å². The van der Waals surface area contributed by atoms with E-state index in [2.05, 4.69) is 22.6 Å². The highest BCUT2D eigenvalue weighted by atomic mass is 127. The van der Waals surface area contributed by atoms with Gasteiger partial charge in [0.15, 0.2) is 0 Å². The summed E-state index contributed by atoms with van der Waals surface area (Å²) in [5.41, 5.74) is 6.84. The van der Waals surface area contributed by atoms with Crippen molar-refractivity contribution in [2.45, 2.75) is 6.42 Å². The van der Waals surface area contributed by atoms with Crippen LogP contribution in [0.3, 0.4) is 0 Å². The summed E-state index contributed by atoms with van der Waals surface area (Å²) >= 11 is 2.10. The third-order valence-corrected chi connectivity index (χ3v) is 4.46. The van der Waals surface area contributed by atoms with Gasteiger partial charge in [0, 0.05) is 22.5 Å². The van der Waals surface area contributed by atoms with Gasteiger partial charge in [-0.25, -0.2) is 0 Å². The molecule has 2 N–H and O–H groups in total. The summed E-state index contributed by atoms with van der Waals surface area (Å²) in [6.07, 6.45) is 0.0224. The summed E-state index contributed by atoms with van der Waals surface area (Å²) in [6, 6.07) is 5.24. The molecule has 8 heteroatoms. The largest absolute Gasteiger partial charge is 0.397 e. The number of benzene rings is 1. The molecule has 0 radical (unpaired) electrons. The molecule has 0 aliphatic carbocycles. The van der Waals surface area contributed by atoms with Crippen LogP contribution in [-0.2, 0) is 15.0 Å². The van der Waals surface area contributed by atoms with E-state index in [-0.39, 0.29) is 18.9 Å². The lowest BCUT2D eigenvalue weighted by Crippen LogP contribution is -2.26. The van der Waals surface area contributed by atoms with Gasteiger partial charge in [0.2, 0.25) is 5.91 Å². The van der Waals surface area contributed by atoms with Gasteiger partial charge >= 0.3 is 10.2 Å². The van der Waals surface area contributed by atoms with Gasteiger partial charge in [-0.1, -0.05) is 0 Å². The monoisotopic (exact) mass is 398 g/mol. The Hall–Kier alpha value is -0.900. The standard InChI is InChI=1S/C11H12FIN2O3S/c12-19(17,18)6-7-3-11(16)15(5-7)10-2-1-8(13)4-9(10)14/h1-2,4,7H,3,5-6,14H2. The molecule has 1 unspecified atom stereocenters. The van der Waals surface area contributed by atoms with Crippen LogP contribution in [0.5, 0.6) is 0 Å². The third kappa shape index (κ3) is 3.56. The van der Waals surface area contributed by atoms with Crippen molar-refractivity contribution in [2.24, 2.45) is 5.92 Å². The third-order valence-electron chi connectivity index (χ3n) is 2.92. The second kappa shape index (κ2) is 5.23. The van der Waals surface area contributed by atoms with Crippen LogP contribution in [0.4, 0.5) is 15.3 Å². The molecule has 1 amide bonds. The molecule has 1 aromatic rings. The van der Waals surface area contributed by atoms with E-state index in [0.717, 1.165) is 3.57 Å². The number of amides is 1. The van der Waals surface area contributed by atoms with Crippen LogP contribution in [0.2, 0.25) is 0 Å². The van der Waals surface area contributed by atoms with Gasteiger partial charge in [-0.05, 0) is 40.8 Å². The number of halogens is 2. The SMILES string of the molecule is Nc1cc(I)ccc1N1CC(CS(=O)(=O)F)CC1=O. The Morgan fingerprint density at radius 2 is 2.16 bits per heavy atom. The fourth-order valence-corrected chi connectivity index (χ4v) is 3.48. The molecule has 1 aliphatic rings. The number of nitrogens with two attached hydrogens (primary N) is 1. The number of carbonyl (C=O) groups excluding carboxylic acids is 1. The summed E-state index contributed by atoms with van der Waals surface area (Å²) in [4.78, 5) is 13.3. The Morgan fingerprint density at radius 1 is 1.47 bits per heavy atom. The highest BCUT2D eigenvalue weighted by Crippen LogP contribution is 2.31. The van der Waals surface area contributed by atoms with Crippen molar-refractivity contribution in [1.82, 2.24) is 0 Å². The van der Waals surface area contributed by atoms with E-state index in [1.54, 1.807) is 18.2 Å². The van der Waals surface area contributed by atoms with E-state index in [9.17, 15) is 17.1 Å². The fraction of sp³-hybridized carbons (Fsp3) is 0.364. The van der Waals surface area contributed by atoms with Crippen molar-refractivity contribution in [1.29, 1.82) is 0 Å². The molecular formula is C11H12FIN2O3S. The van der Waals surface area contributed by atoms with Crippen molar-refractivity contribution < 1.29 is 17.1 Å². The average molecular weight is 398 g/mol. The maximum Gasteiger partial charge on any atom is 0.302 e. The van der Waals surface area contributed by atoms with E-state index in [4.69, 9.17) is 5.73 Å². The molecular weight excluding hydrogens is 386 g/mol. The number of rotatable bonds is 3. The van der Waals surface area contributed by atoms with Crippen LogP contribution < -0.4 is 10.6 Å². The summed E-state index contributed by atoms with van der Waals surface area (Å²) in [5.74, 6) is -1.39. The first-order chi connectivity index (χ1) is 8.76. The zero-order valence-corrected chi connectivity index (χ0v) is 12.8. The Bertz CT molecular complexity index is 620. The van der Waals surface area contributed by atoms with Gasteiger partial charge < -0.3 is 10.6 Å². The van der Waals surface area contributed by atoms with Crippen molar-refractivity contribution >= 4 is 50.1 Å². The maximum atomic E-state index is 12.6. The van der Waals surface area contributed by atoms with E-state index in [1.165, 1.54) is 4.90 Å². The Kier molecular flexibility index (Phi) is 4.00. The van der Waals surface area contributed by atoms with Crippen molar-refractivity contribution in [3.8, 4) is 0 Å². The van der Waals surface area contributed by atoms with Gasteiger partial charge in [-0.15, -0.1) is 3.89 Å². The molecule has 104 valence electrons. The summed E-state index contributed by atoms with van der Waals surface area (Å²) in [6.45, 7) is 0.173. The second-order valence-electron chi connectivity index (χ2n) is 4.48. The number of nitrogens with zero attached hydrogens (tertiary/aromatic N) is 1. The van der Waals surface area contributed by atoms with Gasteiger partial charge in [-0.2, -0.15) is 8.42 Å². The molecule has 1 heterocycles. The smallest absolute Gasteiger partial charge is 0.302 e. The zero-order chi connectivity index (χ0) is 14.2. The first-order valence-electron chi connectivity index (χ1n) is 5.54. The van der Waals surface area contributed by atoms with Crippen LogP contribution in [0.15, 0.2) is 18.2 Å². The van der Waals surface area contributed by atoms with E-state index >= 15 is 0 Å². The Labute approximate surface area is 124 Å². The number of hydrogen-bond donors (Lipinski definition) is 1. The topological polar surface area (TPSA) is 80.5 Å². The zero-order valence-electron chi connectivity index (χ0n) is 9.84. The van der Waals surface area contributed by atoms with Crippen LogP contribution in [-0.4, -0.2) is 26.6 Å². The second-order valence-corrected chi connectivity index (χ2v) is 7.14. The van der Waals surface area contributed by atoms with Gasteiger partial charge in [-0.3, -0.25) is 4.79 Å². The van der Waals surface area contributed by atoms with E-state index in [1.807, 2.05) is 0 Å². The quantitative estimate of drug-likeness (QED) is 0.476. The lowest BCUT2D eigenvalue weighted by atomic mass is 10.1.